The van der Waals surface area contributed by atoms with Gasteiger partial charge in [0.1, 0.15) is 59.7 Å². The fourth-order valence-electron chi connectivity index (χ4n) is 7.33. The molecule has 1 N–H and O–H groups in total. The number of likely N-dealkylation sites (N-methyl/N-ethyl adjacent to an activating group) is 1. The number of fused-ring (bicyclic) bond motifs is 2. The lowest BCUT2D eigenvalue weighted by Gasteiger charge is -2.36. The number of aldehydes is 1. The fraction of sp³-hybridized carbons (Fsp3) is 0.455. The second-order valence-corrected chi connectivity index (χ2v) is 12.7. The Balaban J connectivity index is 1.44. The molecule has 2 saturated heterocycles. The second-order valence-electron chi connectivity index (χ2n) is 12.7. The molecule has 2 aromatic heterocycles. The van der Waals surface area contributed by atoms with Crippen LogP contribution in [-0.4, -0.2) is 81.8 Å². The van der Waals surface area contributed by atoms with Crippen molar-refractivity contribution in [1.29, 1.82) is 0 Å². The maximum absolute atomic E-state index is 16.9. The topological polar surface area (TPSA) is 101 Å². The number of alkyl halides is 1. The number of anilines is 1. The molecule has 0 amide bonds. The van der Waals surface area contributed by atoms with Crippen LogP contribution in [0.5, 0.6) is 17.6 Å². The molecule has 3 atom stereocenters. The van der Waals surface area contributed by atoms with Gasteiger partial charge in [-0.25, -0.2) is 18.2 Å². The minimum absolute atomic E-state index is 0.0214. The van der Waals surface area contributed by atoms with Gasteiger partial charge in [0.15, 0.2) is 5.82 Å². The molecule has 0 unspecified atom stereocenters. The van der Waals surface area contributed by atoms with E-state index in [-0.39, 0.29) is 65.3 Å². The summed E-state index contributed by atoms with van der Waals surface area (Å²) < 4.78 is 58.7. The van der Waals surface area contributed by atoms with Crippen molar-refractivity contribution < 1.29 is 32.5 Å². The number of aromatic nitrogens is 3. The molecule has 9 nitrogen and oxygen atoms in total. The van der Waals surface area contributed by atoms with Gasteiger partial charge in [0.25, 0.3) is 0 Å². The molecule has 236 valence electrons. The molecule has 2 aromatic carbocycles. The molecule has 5 heterocycles. The molecule has 0 aliphatic carbocycles. The van der Waals surface area contributed by atoms with E-state index < -0.39 is 28.9 Å². The number of aromatic hydroxyl groups is 1. The average Bonchev–Trinajstić information content (AvgIpc) is 3.51. The number of hydrogen-bond acceptors (Lipinski definition) is 9. The van der Waals surface area contributed by atoms with E-state index in [0.717, 1.165) is 25.7 Å². The Bertz CT molecular complexity index is 1860. The van der Waals surface area contributed by atoms with Crippen molar-refractivity contribution in [3.63, 3.8) is 0 Å². The van der Waals surface area contributed by atoms with Crippen LogP contribution in [0.25, 0.3) is 32.9 Å². The normalized spacial score (nSPS) is 24.6. The Morgan fingerprint density at radius 2 is 2.02 bits per heavy atom. The number of pyridine rings is 1. The molecule has 4 aromatic rings. The Kier molecular flexibility index (Phi) is 7.03. The summed E-state index contributed by atoms with van der Waals surface area (Å²) >= 11 is 0. The summed E-state index contributed by atoms with van der Waals surface area (Å²) in [6, 6.07) is 5.58. The molecule has 0 saturated carbocycles. The van der Waals surface area contributed by atoms with Gasteiger partial charge in [0.2, 0.25) is 5.88 Å². The number of hydrogen-bond donors (Lipinski definition) is 1. The molecule has 3 aliphatic rings. The van der Waals surface area contributed by atoms with E-state index in [1.807, 2.05) is 6.92 Å². The van der Waals surface area contributed by atoms with Crippen LogP contribution in [0.15, 0.2) is 24.3 Å². The van der Waals surface area contributed by atoms with Crippen molar-refractivity contribution in [1.82, 2.24) is 19.9 Å². The van der Waals surface area contributed by atoms with Crippen LogP contribution in [-0.2, 0) is 11.2 Å². The van der Waals surface area contributed by atoms with Gasteiger partial charge in [0.05, 0.1) is 11.1 Å². The van der Waals surface area contributed by atoms with Gasteiger partial charge in [0, 0.05) is 32.0 Å². The zero-order valence-corrected chi connectivity index (χ0v) is 25.4. The van der Waals surface area contributed by atoms with Gasteiger partial charge in [-0.1, -0.05) is 13.0 Å². The van der Waals surface area contributed by atoms with Crippen molar-refractivity contribution in [2.24, 2.45) is 0 Å². The molecule has 0 spiro atoms. The minimum atomic E-state index is -0.952. The summed E-state index contributed by atoms with van der Waals surface area (Å²) in [5.74, 6) is -1.13. The van der Waals surface area contributed by atoms with Crippen molar-refractivity contribution in [3.8, 4) is 28.9 Å². The molecular formula is C33H34F3N5O4. The molecule has 0 bridgehead atoms. The third kappa shape index (κ3) is 4.63. The van der Waals surface area contributed by atoms with Crippen molar-refractivity contribution in [2.45, 2.75) is 63.2 Å². The fourth-order valence-corrected chi connectivity index (χ4v) is 7.33. The van der Waals surface area contributed by atoms with Gasteiger partial charge in [-0.2, -0.15) is 9.97 Å². The third-order valence-corrected chi connectivity index (χ3v) is 9.88. The summed E-state index contributed by atoms with van der Waals surface area (Å²) in [5.41, 5.74) is -1.16. The largest absolute Gasteiger partial charge is 0.508 e. The summed E-state index contributed by atoms with van der Waals surface area (Å²) in [6.07, 6.45) is 2.27. The van der Waals surface area contributed by atoms with Crippen LogP contribution < -0.4 is 14.4 Å². The monoisotopic (exact) mass is 621 g/mol. The third-order valence-electron chi connectivity index (χ3n) is 9.88. The quantitative estimate of drug-likeness (QED) is 0.267. The molecule has 2 fully saturated rings. The summed E-state index contributed by atoms with van der Waals surface area (Å²) in [5, 5.41) is 11.7. The lowest BCUT2D eigenvalue weighted by molar-refractivity contribution is -0.109. The number of carbonyl (C=O) groups excluding carboxylic acids is 1. The first-order valence-corrected chi connectivity index (χ1v) is 15.3. The van der Waals surface area contributed by atoms with Crippen LogP contribution in [0.1, 0.15) is 45.1 Å². The first-order chi connectivity index (χ1) is 21.6. The number of aryl methyl sites for hydroxylation is 1. The number of rotatable bonds is 7. The number of ether oxygens (including phenoxy) is 2. The van der Waals surface area contributed by atoms with Gasteiger partial charge in [-0.15, -0.1) is 0 Å². The van der Waals surface area contributed by atoms with E-state index in [4.69, 9.17) is 9.47 Å². The van der Waals surface area contributed by atoms with Gasteiger partial charge >= 0.3 is 6.01 Å². The van der Waals surface area contributed by atoms with Crippen LogP contribution in [0.2, 0.25) is 0 Å². The number of phenolic OH excluding ortho intramolecular Hbond substituents is 1. The van der Waals surface area contributed by atoms with Gasteiger partial charge < -0.3 is 24.3 Å². The zero-order valence-electron chi connectivity index (χ0n) is 25.4. The van der Waals surface area contributed by atoms with E-state index in [1.54, 1.807) is 18.9 Å². The SMILES string of the molecule is CCc1c(F)ccc2cc(O)cc(-c3nc4c5c(nc(OC[C@@]67CCCN6C[C@H](F)C7)nc5c3F)N(C)[C@@](C)(CC=O)CO4)c12. The Labute approximate surface area is 258 Å². The smallest absolute Gasteiger partial charge is 0.319 e. The highest BCUT2D eigenvalue weighted by atomic mass is 19.1. The van der Waals surface area contributed by atoms with E-state index in [2.05, 4.69) is 19.9 Å². The highest BCUT2D eigenvalue weighted by molar-refractivity contribution is 6.03. The molecule has 12 heteroatoms. The zero-order chi connectivity index (χ0) is 31.7. The van der Waals surface area contributed by atoms with Gasteiger partial charge in [-0.05, 0) is 67.3 Å². The Morgan fingerprint density at radius 1 is 1.20 bits per heavy atom. The maximum atomic E-state index is 16.9. The number of halogens is 3. The molecule has 0 radical (unpaired) electrons. The Morgan fingerprint density at radius 3 is 2.80 bits per heavy atom. The lowest BCUT2D eigenvalue weighted by Crippen LogP contribution is -2.48. The predicted molar refractivity (Wildman–Crippen MR) is 163 cm³/mol. The molecule has 7 rings (SSSR count). The molecular weight excluding hydrogens is 587 g/mol. The first kappa shape index (κ1) is 29.5. The minimum Gasteiger partial charge on any atom is -0.508 e. The predicted octanol–water partition coefficient (Wildman–Crippen LogP) is 5.52. The standard InChI is InChI=1S/C33H34F3N5O4/c1-4-21-23(35)7-6-18-12-20(43)13-22(24(18)21)27-26(36)28-25-29(40(3)32(2,9-11-42)16-44-30(25)37-27)39-31(38-28)45-17-33-8-5-10-41(33)15-19(34)14-33/h6-7,11-13,19,43H,4-5,8-10,14-17H2,1-3H3/t19-,32+,33+/m1/s1. The number of nitrogens with zero attached hydrogens (tertiary/aromatic N) is 5. The van der Waals surface area contributed by atoms with E-state index in [0.29, 0.717) is 35.7 Å². The highest BCUT2D eigenvalue weighted by Gasteiger charge is 2.49. The van der Waals surface area contributed by atoms with Crippen LogP contribution in [0, 0.1) is 11.6 Å². The Hall–Kier alpha value is -4.19. The average molecular weight is 622 g/mol. The summed E-state index contributed by atoms with van der Waals surface area (Å²) in [4.78, 5) is 29.4. The van der Waals surface area contributed by atoms with Crippen molar-refractivity contribution in [3.05, 3.63) is 41.5 Å². The first-order valence-electron chi connectivity index (χ1n) is 15.3. The molecule has 45 heavy (non-hydrogen) atoms. The van der Waals surface area contributed by atoms with Crippen LogP contribution in [0.4, 0.5) is 19.0 Å². The van der Waals surface area contributed by atoms with Crippen molar-refractivity contribution in [2.75, 3.05) is 38.3 Å². The number of carbonyl (C=O) groups is 1. The van der Waals surface area contributed by atoms with Crippen LogP contribution >= 0.6 is 0 Å². The van der Waals surface area contributed by atoms with Crippen molar-refractivity contribution >= 4 is 33.8 Å². The van der Waals surface area contributed by atoms with E-state index in [9.17, 15) is 14.3 Å². The van der Waals surface area contributed by atoms with E-state index >= 15 is 8.78 Å². The van der Waals surface area contributed by atoms with E-state index in [1.165, 1.54) is 24.3 Å². The molecule has 3 aliphatic heterocycles. The van der Waals surface area contributed by atoms with Gasteiger partial charge in [-0.3, -0.25) is 4.90 Å². The van der Waals surface area contributed by atoms with Crippen LogP contribution in [0.3, 0.4) is 0 Å². The number of benzene rings is 2. The number of phenols is 1. The summed E-state index contributed by atoms with van der Waals surface area (Å²) in [6.45, 7) is 4.91. The maximum Gasteiger partial charge on any atom is 0.319 e. The summed E-state index contributed by atoms with van der Waals surface area (Å²) in [7, 11) is 1.74. The lowest BCUT2D eigenvalue weighted by atomic mass is 9.94. The second kappa shape index (κ2) is 10.7. The highest BCUT2D eigenvalue weighted by Crippen LogP contribution is 2.45.